The molecule has 2 heterocycles. The zero-order chi connectivity index (χ0) is 30.6. The SMILES string of the molecule is [C-]#[N+]c1ccc(-c2cccc(-n3c4ccccc4c4cc(-c5cccc(-n6c7ccccc7c7ccccc76)c5)ccc43)c2)cc1. The molecule has 0 saturated carbocycles. The Morgan fingerprint density at radius 3 is 1.33 bits per heavy atom. The number of benzene rings is 7. The molecule has 9 aromatic rings. The van der Waals surface area contributed by atoms with Crippen molar-refractivity contribution in [3.8, 4) is 33.6 Å². The van der Waals surface area contributed by atoms with Crippen molar-refractivity contribution in [3.63, 3.8) is 0 Å². The van der Waals surface area contributed by atoms with Crippen molar-refractivity contribution in [3.05, 3.63) is 175 Å². The van der Waals surface area contributed by atoms with Crippen LogP contribution in [0.4, 0.5) is 5.69 Å². The molecule has 9 rings (SSSR count). The van der Waals surface area contributed by atoms with Crippen LogP contribution in [0.15, 0.2) is 164 Å². The number of rotatable bonds is 4. The van der Waals surface area contributed by atoms with E-state index in [1.165, 1.54) is 54.7 Å². The van der Waals surface area contributed by atoms with E-state index in [9.17, 15) is 0 Å². The molecule has 0 aliphatic carbocycles. The number of para-hydroxylation sites is 3. The Bertz CT molecular complexity index is 2590. The average Bonchev–Trinajstić information content (AvgIpc) is 3.64. The zero-order valence-corrected chi connectivity index (χ0v) is 24.9. The van der Waals surface area contributed by atoms with Crippen LogP contribution in [-0.2, 0) is 0 Å². The van der Waals surface area contributed by atoms with Gasteiger partial charge in [-0.3, -0.25) is 0 Å². The summed E-state index contributed by atoms with van der Waals surface area (Å²) >= 11 is 0. The lowest BCUT2D eigenvalue weighted by Crippen LogP contribution is -1.95. The van der Waals surface area contributed by atoms with Gasteiger partial charge in [-0.25, -0.2) is 4.85 Å². The molecule has 0 radical (unpaired) electrons. The summed E-state index contributed by atoms with van der Waals surface area (Å²) in [6.07, 6.45) is 0. The maximum absolute atomic E-state index is 7.29. The highest BCUT2D eigenvalue weighted by Gasteiger charge is 2.15. The fraction of sp³-hybridized carbons (Fsp3) is 0. The molecule has 0 aliphatic rings. The molecule has 0 saturated heterocycles. The van der Waals surface area contributed by atoms with Gasteiger partial charge in [-0.15, -0.1) is 0 Å². The second kappa shape index (κ2) is 10.4. The second-order valence-corrected chi connectivity index (χ2v) is 11.7. The molecule has 3 nitrogen and oxygen atoms in total. The minimum absolute atomic E-state index is 0.652. The molecule has 0 unspecified atom stereocenters. The Morgan fingerprint density at radius 1 is 0.348 bits per heavy atom. The molecule has 2 aromatic heterocycles. The third kappa shape index (κ3) is 4.05. The molecule has 0 fully saturated rings. The third-order valence-corrected chi connectivity index (χ3v) is 9.12. The van der Waals surface area contributed by atoms with Crippen molar-refractivity contribution in [1.29, 1.82) is 0 Å². The van der Waals surface area contributed by atoms with Crippen molar-refractivity contribution >= 4 is 49.3 Å². The van der Waals surface area contributed by atoms with Gasteiger partial charge in [-0.05, 0) is 76.9 Å². The zero-order valence-electron chi connectivity index (χ0n) is 24.9. The molecule has 0 aliphatic heterocycles. The maximum atomic E-state index is 7.29. The predicted octanol–water partition coefficient (Wildman–Crippen LogP) is 11.8. The summed E-state index contributed by atoms with van der Waals surface area (Å²) in [5, 5.41) is 4.98. The first-order chi connectivity index (χ1) is 22.8. The van der Waals surface area contributed by atoms with Crippen molar-refractivity contribution in [2.45, 2.75) is 0 Å². The molecule has 46 heavy (non-hydrogen) atoms. The van der Waals surface area contributed by atoms with E-state index in [-0.39, 0.29) is 0 Å². The van der Waals surface area contributed by atoms with Crippen molar-refractivity contribution in [1.82, 2.24) is 9.13 Å². The average molecular weight is 586 g/mol. The Hall–Kier alpha value is -6.37. The quantitative estimate of drug-likeness (QED) is 0.182. The van der Waals surface area contributed by atoms with Gasteiger partial charge in [0.1, 0.15) is 0 Å². The predicted molar refractivity (Wildman–Crippen MR) is 192 cm³/mol. The molecule has 0 bridgehead atoms. The van der Waals surface area contributed by atoms with Crippen LogP contribution in [0.25, 0.3) is 82.1 Å². The third-order valence-electron chi connectivity index (χ3n) is 9.12. The Balaban J connectivity index is 1.19. The largest absolute Gasteiger partial charge is 0.309 e. The summed E-state index contributed by atoms with van der Waals surface area (Å²) < 4.78 is 4.74. The molecule has 0 N–H and O–H groups in total. The van der Waals surface area contributed by atoms with Crippen LogP contribution in [0.3, 0.4) is 0 Å². The Morgan fingerprint density at radius 2 is 0.783 bits per heavy atom. The van der Waals surface area contributed by atoms with Crippen LogP contribution in [0.2, 0.25) is 0 Å². The Kier molecular flexibility index (Phi) is 5.88. The minimum Gasteiger partial charge on any atom is -0.309 e. The first-order valence-corrected chi connectivity index (χ1v) is 15.5. The summed E-state index contributed by atoms with van der Waals surface area (Å²) in [5.74, 6) is 0. The Labute approximate surface area is 266 Å². The second-order valence-electron chi connectivity index (χ2n) is 11.7. The molecule has 7 aromatic carbocycles. The summed E-state index contributed by atoms with van der Waals surface area (Å²) in [6, 6.07) is 58.2. The minimum atomic E-state index is 0.652. The van der Waals surface area contributed by atoms with E-state index >= 15 is 0 Å². The summed E-state index contributed by atoms with van der Waals surface area (Å²) in [5.41, 5.74) is 12.3. The van der Waals surface area contributed by atoms with Crippen LogP contribution in [-0.4, -0.2) is 9.13 Å². The van der Waals surface area contributed by atoms with Gasteiger partial charge in [-0.2, -0.15) is 0 Å². The first kappa shape index (κ1) is 26.1. The van der Waals surface area contributed by atoms with E-state index in [2.05, 4.69) is 154 Å². The first-order valence-electron chi connectivity index (χ1n) is 15.5. The molecule has 214 valence electrons. The van der Waals surface area contributed by atoms with Crippen molar-refractivity contribution in [2.24, 2.45) is 0 Å². The maximum Gasteiger partial charge on any atom is 0.187 e. The highest BCUT2D eigenvalue weighted by atomic mass is 15.0. The van der Waals surface area contributed by atoms with Gasteiger partial charge >= 0.3 is 0 Å². The van der Waals surface area contributed by atoms with Gasteiger partial charge in [0, 0.05) is 32.9 Å². The number of nitrogens with zero attached hydrogens (tertiary/aromatic N) is 3. The fourth-order valence-corrected chi connectivity index (χ4v) is 7.01. The molecule has 0 amide bonds. The van der Waals surface area contributed by atoms with Crippen LogP contribution >= 0.6 is 0 Å². The van der Waals surface area contributed by atoms with E-state index in [1.54, 1.807) is 0 Å². The van der Waals surface area contributed by atoms with Crippen LogP contribution in [0.5, 0.6) is 0 Å². The van der Waals surface area contributed by atoms with E-state index in [0.29, 0.717) is 5.69 Å². The van der Waals surface area contributed by atoms with Crippen molar-refractivity contribution < 1.29 is 0 Å². The fourth-order valence-electron chi connectivity index (χ4n) is 7.01. The van der Waals surface area contributed by atoms with Gasteiger partial charge in [0.25, 0.3) is 0 Å². The van der Waals surface area contributed by atoms with Crippen molar-refractivity contribution in [2.75, 3.05) is 0 Å². The topological polar surface area (TPSA) is 14.2 Å². The van der Waals surface area contributed by atoms with Gasteiger partial charge < -0.3 is 9.13 Å². The molecule has 0 atom stereocenters. The van der Waals surface area contributed by atoms with E-state index in [1.807, 2.05) is 24.3 Å². The highest BCUT2D eigenvalue weighted by molar-refractivity contribution is 6.11. The van der Waals surface area contributed by atoms with E-state index < -0.39 is 0 Å². The van der Waals surface area contributed by atoms with E-state index in [4.69, 9.17) is 6.57 Å². The highest BCUT2D eigenvalue weighted by Crippen LogP contribution is 2.37. The molecular formula is C43H27N3. The lowest BCUT2D eigenvalue weighted by molar-refractivity contribution is 1.18. The smallest absolute Gasteiger partial charge is 0.187 e. The van der Waals surface area contributed by atoms with Crippen LogP contribution in [0, 0.1) is 6.57 Å². The molecule has 3 heteroatoms. The van der Waals surface area contributed by atoms with Gasteiger partial charge in [0.2, 0.25) is 0 Å². The van der Waals surface area contributed by atoms with Gasteiger partial charge in [0.15, 0.2) is 5.69 Å². The van der Waals surface area contributed by atoms with E-state index in [0.717, 1.165) is 22.5 Å². The summed E-state index contributed by atoms with van der Waals surface area (Å²) in [7, 11) is 0. The number of aromatic nitrogens is 2. The number of hydrogen-bond donors (Lipinski definition) is 0. The van der Waals surface area contributed by atoms with Gasteiger partial charge in [-0.1, -0.05) is 109 Å². The number of hydrogen-bond acceptors (Lipinski definition) is 0. The lowest BCUT2D eigenvalue weighted by atomic mass is 10.0. The van der Waals surface area contributed by atoms with Crippen LogP contribution < -0.4 is 0 Å². The standard InChI is InChI=1S/C43H27N3/c1-44-33-23-20-29(21-24-33)30-10-8-12-34(26-30)46-42-19-7-4-16-38(42)39-28-32(22-25-43(39)46)31-11-9-13-35(27-31)45-40-17-5-2-14-36(40)37-15-3-6-18-41(37)45/h2-28H. The van der Waals surface area contributed by atoms with Crippen LogP contribution in [0.1, 0.15) is 0 Å². The van der Waals surface area contributed by atoms with Gasteiger partial charge in [0.05, 0.1) is 28.6 Å². The monoisotopic (exact) mass is 585 g/mol. The molecule has 0 spiro atoms. The molecular weight excluding hydrogens is 558 g/mol. The summed E-state index contributed by atoms with van der Waals surface area (Å²) in [4.78, 5) is 3.55. The number of fused-ring (bicyclic) bond motifs is 6. The normalized spacial score (nSPS) is 11.5. The lowest BCUT2D eigenvalue weighted by Gasteiger charge is -2.12. The summed E-state index contributed by atoms with van der Waals surface area (Å²) in [6.45, 7) is 7.29.